The normalized spacial score (nSPS) is 11.1. The van der Waals surface area contributed by atoms with Gasteiger partial charge in [0.05, 0.1) is 15.3 Å². The van der Waals surface area contributed by atoms with Crippen LogP contribution in [0, 0.1) is 0 Å². The summed E-state index contributed by atoms with van der Waals surface area (Å²) >= 11 is 13.4. The van der Waals surface area contributed by atoms with E-state index in [-0.39, 0.29) is 9.79 Å². The second-order valence-electron chi connectivity index (χ2n) is 11.2. The molecule has 1 N–H and O–H groups in total. The maximum absolute atomic E-state index is 11.1. The molecule has 0 spiro atoms. The van der Waals surface area contributed by atoms with Crippen LogP contribution < -0.4 is 0 Å². The Morgan fingerprint density at radius 3 is 1.68 bits per heavy atom. The minimum absolute atomic E-state index is 0.116. The van der Waals surface area contributed by atoms with Gasteiger partial charge in [0.15, 0.2) is 0 Å². The van der Waals surface area contributed by atoms with E-state index in [1.54, 1.807) is 24.3 Å². The van der Waals surface area contributed by atoms with Crippen molar-refractivity contribution in [3.63, 3.8) is 0 Å². The first-order valence-corrected chi connectivity index (χ1v) is 22.5. The first-order chi connectivity index (χ1) is 24.9. The van der Waals surface area contributed by atoms with E-state index in [1.807, 2.05) is 54.0 Å². The van der Waals surface area contributed by atoms with E-state index in [0.29, 0.717) is 0 Å². The Labute approximate surface area is 348 Å². The second kappa shape index (κ2) is 18.7. The van der Waals surface area contributed by atoms with Gasteiger partial charge < -0.3 is 18.7 Å². The summed E-state index contributed by atoms with van der Waals surface area (Å²) in [6, 6.07) is 28.2. The van der Waals surface area contributed by atoms with E-state index in [4.69, 9.17) is 21.4 Å². The number of nitrogens with one attached hydrogen (secondary N) is 1. The molecule has 0 amide bonds. The van der Waals surface area contributed by atoms with Crippen LogP contribution in [0.4, 0.5) is 0 Å². The summed E-state index contributed by atoms with van der Waals surface area (Å²) in [5, 5.41) is 4.50. The van der Waals surface area contributed by atoms with Gasteiger partial charge in [-0.15, -0.1) is 0 Å². The van der Waals surface area contributed by atoms with Crippen LogP contribution >= 0.6 is 82.0 Å². The standard InChI is InChI=1S/C9H7BrClNO2S.C9H8BrN.C9H8ClNO2S.C8H6BrN.BHNS/c1-12-5-8(10)7-3-2-6(4-9(7)12)15(11,13)14;1-11-5-4-7-2-3-8(10)6-9(7)11;1-11-5-4-7-2-3-8(6-9(7)11)14(10,12)13;9-7-2-1-6-3-4-10-8(6)5-7;1-2-3/h2-5H,1H3;2-6H,1H3;2-6H,1H3;1-5,10H;3H. The third-order valence-electron chi connectivity index (χ3n) is 7.70. The number of halogens is 5. The van der Waals surface area contributed by atoms with Gasteiger partial charge in [0.25, 0.3) is 18.1 Å². The number of aryl methyl sites for hydroxylation is 3. The van der Waals surface area contributed by atoms with Crippen molar-refractivity contribution in [1.82, 2.24) is 18.7 Å². The molecular weight excluding hydrogens is 972 g/mol. The molecule has 0 fully saturated rings. The fraction of sp³-hybridized carbons (Fsp3) is 0.0857. The van der Waals surface area contributed by atoms with E-state index in [9.17, 15) is 16.8 Å². The van der Waals surface area contributed by atoms with Gasteiger partial charge >= 0.3 is 24.8 Å². The summed E-state index contributed by atoms with van der Waals surface area (Å²) in [6.45, 7) is 0. The Morgan fingerprint density at radius 1 is 0.642 bits per heavy atom. The summed E-state index contributed by atoms with van der Waals surface area (Å²) in [5.41, 5.74) is 4.11. The number of hydrogen-bond donors (Lipinski definition) is 2. The topological polar surface area (TPSA) is 111 Å². The minimum atomic E-state index is -3.66. The zero-order valence-corrected chi connectivity index (χ0v) is 36.9. The fourth-order valence-corrected chi connectivity index (χ4v) is 8.01. The molecule has 1 radical (unpaired) electrons. The molecule has 0 aliphatic rings. The van der Waals surface area contributed by atoms with Crippen LogP contribution in [0.2, 0.25) is 0 Å². The van der Waals surface area contributed by atoms with Gasteiger partial charge in [-0.25, -0.2) is 16.8 Å². The molecule has 8 aromatic rings. The molecule has 275 valence electrons. The molecule has 4 aromatic heterocycles. The predicted molar refractivity (Wildman–Crippen MR) is 233 cm³/mol. The van der Waals surface area contributed by atoms with Crippen molar-refractivity contribution in [3.8, 4) is 0 Å². The summed E-state index contributed by atoms with van der Waals surface area (Å²) in [5.74, 6) is 0. The molecule has 0 atom stereocenters. The van der Waals surface area contributed by atoms with E-state index in [2.05, 4.69) is 138 Å². The number of nitrogens with zero attached hydrogens (tertiary/aromatic N) is 4. The Balaban J connectivity index is 0.000000155. The second-order valence-corrected chi connectivity index (χ2v) is 19.3. The molecule has 0 unspecified atom stereocenters. The van der Waals surface area contributed by atoms with E-state index < -0.39 is 18.1 Å². The summed E-state index contributed by atoms with van der Waals surface area (Å²) in [6.07, 6.45) is 7.75. The molecule has 4 heterocycles. The maximum atomic E-state index is 11.1. The van der Waals surface area contributed by atoms with Gasteiger partial charge in [-0.05, 0) is 98.8 Å². The molecule has 9 nitrogen and oxygen atoms in total. The summed E-state index contributed by atoms with van der Waals surface area (Å²) in [7, 11) is 13.3. The van der Waals surface area contributed by atoms with Crippen molar-refractivity contribution < 1.29 is 16.8 Å². The molecular formula is C35H30BBr3Cl2N5O4S3. The fourth-order valence-electron chi connectivity index (χ4n) is 5.12. The molecule has 0 bridgehead atoms. The molecule has 53 heavy (non-hydrogen) atoms. The quantitative estimate of drug-likeness (QED) is 0.102. The van der Waals surface area contributed by atoms with Crippen molar-refractivity contribution in [1.29, 1.82) is 0 Å². The Kier molecular flexibility index (Phi) is 15.1. The van der Waals surface area contributed by atoms with Gasteiger partial charge in [0, 0.05) is 103 Å². The first-order valence-electron chi connectivity index (χ1n) is 15.1. The zero-order valence-electron chi connectivity index (χ0n) is 28.1. The van der Waals surface area contributed by atoms with Crippen molar-refractivity contribution in [2.45, 2.75) is 9.79 Å². The molecule has 0 saturated carbocycles. The van der Waals surface area contributed by atoms with Crippen LogP contribution in [-0.4, -0.2) is 43.2 Å². The number of H-pyrrole nitrogens is 1. The molecule has 4 aromatic carbocycles. The third-order valence-corrected chi connectivity index (χ3v) is 12.0. The Hall–Kier alpha value is -2.83. The van der Waals surface area contributed by atoms with Crippen LogP contribution in [0.25, 0.3) is 43.6 Å². The van der Waals surface area contributed by atoms with Crippen molar-refractivity contribution in [2.75, 3.05) is 0 Å². The van der Waals surface area contributed by atoms with Gasteiger partial charge in [-0.3, -0.25) is 0 Å². The number of hydrogen-bond acceptors (Lipinski definition) is 6. The van der Waals surface area contributed by atoms with Crippen molar-refractivity contribution in [3.05, 3.63) is 129 Å². The van der Waals surface area contributed by atoms with Gasteiger partial charge in [0.1, 0.15) is 0 Å². The number of benzene rings is 4. The Bertz CT molecular complexity index is 2770. The van der Waals surface area contributed by atoms with Crippen LogP contribution in [0.5, 0.6) is 0 Å². The average Bonchev–Trinajstić information content (AvgIpc) is 3.88. The van der Waals surface area contributed by atoms with Crippen molar-refractivity contribution in [2.24, 2.45) is 25.4 Å². The monoisotopic (exact) mass is 998 g/mol. The molecule has 18 heteroatoms. The number of rotatable bonds is 2. The van der Waals surface area contributed by atoms with Crippen LogP contribution in [0.3, 0.4) is 0 Å². The average molecular weight is 1000 g/mol. The van der Waals surface area contributed by atoms with Crippen molar-refractivity contribution >= 4 is 151 Å². The molecule has 0 saturated heterocycles. The van der Waals surface area contributed by atoms with Gasteiger partial charge in [0.2, 0.25) is 0 Å². The van der Waals surface area contributed by atoms with E-state index >= 15 is 0 Å². The number of aromatic nitrogens is 4. The third kappa shape index (κ3) is 11.6. The SMILES string of the molecule is Brc1ccc2cc[nH]c2c1.Cn1cc(Br)c2ccc(S(=O)(=O)Cl)cc21.Cn1ccc2ccc(Br)cc21.Cn1ccc2ccc(S(=O)(=O)Cl)cc21.[B]=NS. The molecule has 8 rings (SSSR count). The summed E-state index contributed by atoms with van der Waals surface area (Å²) in [4.78, 5) is 3.38. The molecule has 0 aliphatic carbocycles. The number of aromatic amines is 1. The Morgan fingerprint density at radius 2 is 1.11 bits per heavy atom. The van der Waals surface area contributed by atoms with E-state index in [0.717, 1.165) is 35.2 Å². The zero-order chi connectivity index (χ0) is 39.1. The van der Waals surface area contributed by atoms with Gasteiger partial charge in [-0.1, -0.05) is 56.1 Å². The number of fused-ring (bicyclic) bond motifs is 4. The van der Waals surface area contributed by atoms with Crippen LogP contribution in [0.1, 0.15) is 0 Å². The summed E-state index contributed by atoms with van der Waals surface area (Å²) < 4.78 is 56.1. The number of thiol groups is 1. The van der Waals surface area contributed by atoms with Gasteiger partial charge in [-0.2, -0.15) is 0 Å². The van der Waals surface area contributed by atoms with Crippen LogP contribution in [-0.2, 0) is 39.2 Å². The van der Waals surface area contributed by atoms with Crippen LogP contribution in [0.15, 0.2) is 143 Å². The molecule has 0 aliphatic heterocycles. The first kappa shape index (κ1) is 42.9. The van der Waals surface area contributed by atoms with E-state index in [1.165, 1.54) is 33.9 Å². The predicted octanol–water partition coefficient (Wildman–Crippen LogP) is 11.0.